The van der Waals surface area contributed by atoms with Crippen LogP contribution in [0.1, 0.15) is 24.1 Å². The molecule has 0 saturated carbocycles. The predicted molar refractivity (Wildman–Crippen MR) is 135 cm³/mol. The number of amides is 1. The number of aromatic nitrogens is 1. The Kier molecular flexibility index (Phi) is 5.95. The molecule has 0 bridgehead atoms. The Morgan fingerprint density at radius 1 is 1.11 bits per heavy atom. The molecule has 1 aromatic heterocycles. The van der Waals surface area contributed by atoms with E-state index in [1.807, 2.05) is 6.92 Å². The maximum atomic E-state index is 13.3. The van der Waals surface area contributed by atoms with E-state index in [1.54, 1.807) is 54.6 Å². The molecule has 4 aromatic rings. The zero-order chi connectivity index (χ0) is 25.4. The number of ketones is 1. The van der Waals surface area contributed by atoms with Crippen molar-refractivity contribution in [2.24, 2.45) is 0 Å². The summed E-state index contributed by atoms with van der Waals surface area (Å²) in [5.74, 6) is -1.51. The first-order valence-corrected chi connectivity index (χ1v) is 11.8. The van der Waals surface area contributed by atoms with Gasteiger partial charge in [0, 0.05) is 17.7 Å². The highest BCUT2D eigenvalue weighted by Gasteiger charge is 2.48. The van der Waals surface area contributed by atoms with Crippen LogP contribution in [0.2, 0.25) is 0 Å². The second-order valence-electron chi connectivity index (χ2n) is 7.95. The molecule has 1 N–H and O–H groups in total. The summed E-state index contributed by atoms with van der Waals surface area (Å²) in [5.41, 5.74) is 0.873. The Balaban J connectivity index is 1.72. The summed E-state index contributed by atoms with van der Waals surface area (Å²) in [4.78, 5) is 43.3. The van der Waals surface area contributed by atoms with Crippen LogP contribution in [-0.4, -0.2) is 33.3 Å². The van der Waals surface area contributed by atoms with Crippen molar-refractivity contribution < 1.29 is 24.4 Å². The number of aliphatic hydroxyl groups is 1. The smallest absolute Gasteiger partial charge is 0.301 e. The Morgan fingerprint density at radius 3 is 2.61 bits per heavy atom. The summed E-state index contributed by atoms with van der Waals surface area (Å²) in [7, 11) is 0. The van der Waals surface area contributed by atoms with Crippen LogP contribution in [0.4, 0.5) is 10.8 Å². The number of carbonyl (C=O) groups excluding carboxylic acids is 2. The molecule has 9 nitrogen and oxygen atoms in total. The van der Waals surface area contributed by atoms with Crippen molar-refractivity contribution in [2.45, 2.75) is 13.0 Å². The molecule has 0 unspecified atom stereocenters. The fraction of sp³-hybridized carbons (Fsp3) is 0.115. The number of benzene rings is 3. The summed E-state index contributed by atoms with van der Waals surface area (Å²) in [6, 6.07) is 18.2. The van der Waals surface area contributed by atoms with Gasteiger partial charge in [0.25, 0.3) is 11.5 Å². The van der Waals surface area contributed by atoms with E-state index in [2.05, 4.69) is 4.98 Å². The molecule has 3 aromatic carbocycles. The van der Waals surface area contributed by atoms with Crippen molar-refractivity contribution in [3.8, 4) is 5.75 Å². The van der Waals surface area contributed by atoms with Gasteiger partial charge in [0.2, 0.25) is 0 Å². The molecule has 0 aliphatic carbocycles. The molecule has 180 valence electrons. The van der Waals surface area contributed by atoms with E-state index >= 15 is 0 Å². The maximum Gasteiger partial charge on any atom is 0.301 e. The number of anilines is 1. The number of nitrogens with zero attached hydrogens (tertiary/aromatic N) is 3. The van der Waals surface area contributed by atoms with Crippen LogP contribution in [-0.2, 0) is 9.59 Å². The molecule has 1 fully saturated rings. The number of ether oxygens (including phenoxy) is 1. The van der Waals surface area contributed by atoms with E-state index < -0.39 is 22.7 Å². The van der Waals surface area contributed by atoms with Gasteiger partial charge in [-0.05, 0) is 30.7 Å². The van der Waals surface area contributed by atoms with Gasteiger partial charge in [-0.3, -0.25) is 24.6 Å². The second kappa shape index (κ2) is 9.23. The number of nitro groups is 1. The topological polar surface area (TPSA) is 123 Å². The van der Waals surface area contributed by atoms with Crippen molar-refractivity contribution in [3.63, 3.8) is 0 Å². The largest absolute Gasteiger partial charge is 0.507 e. The number of non-ortho nitro benzene ring substituents is 1. The predicted octanol–water partition coefficient (Wildman–Crippen LogP) is 5.23. The lowest BCUT2D eigenvalue weighted by atomic mass is 9.95. The van der Waals surface area contributed by atoms with E-state index in [4.69, 9.17) is 4.74 Å². The number of Topliss-reactive ketones (excluding diaryl/α,β-unsaturated/α-hetero) is 1. The molecular formula is C26H19N3O6S. The molecule has 0 spiro atoms. The fourth-order valence-electron chi connectivity index (χ4n) is 4.16. The van der Waals surface area contributed by atoms with Crippen LogP contribution < -0.4 is 9.64 Å². The monoisotopic (exact) mass is 501 g/mol. The lowest BCUT2D eigenvalue weighted by Crippen LogP contribution is -2.29. The lowest BCUT2D eigenvalue weighted by Gasteiger charge is -2.22. The van der Waals surface area contributed by atoms with Gasteiger partial charge in [0.1, 0.15) is 11.5 Å². The van der Waals surface area contributed by atoms with E-state index in [0.717, 1.165) is 4.70 Å². The van der Waals surface area contributed by atoms with Gasteiger partial charge >= 0.3 is 5.91 Å². The summed E-state index contributed by atoms with van der Waals surface area (Å²) < 4.78 is 6.29. The molecule has 10 heteroatoms. The van der Waals surface area contributed by atoms with Gasteiger partial charge in [-0.15, -0.1) is 0 Å². The number of hydrogen-bond acceptors (Lipinski definition) is 8. The number of carbonyl (C=O) groups is 2. The number of fused-ring (bicyclic) bond motifs is 1. The molecule has 0 radical (unpaired) electrons. The number of hydrogen-bond donors (Lipinski definition) is 1. The van der Waals surface area contributed by atoms with Gasteiger partial charge in [-0.2, -0.15) is 0 Å². The minimum absolute atomic E-state index is 0.166. The maximum absolute atomic E-state index is 13.3. The zero-order valence-corrected chi connectivity index (χ0v) is 19.8. The first-order valence-electron chi connectivity index (χ1n) is 11.0. The van der Waals surface area contributed by atoms with Crippen molar-refractivity contribution in [2.75, 3.05) is 11.5 Å². The molecule has 1 aliphatic rings. The average molecular weight is 502 g/mol. The third kappa shape index (κ3) is 3.97. The highest BCUT2D eigenvalue weighted by atomic mass is 32.1. The van der Waals surface area contributed by atoms with Gasteiger partial charge in [0.15, 0.2) is 5.13 Å². The van der Waals surface area contributed by atoms with Gasteiger partial charge in [0.05, 0.1) is 33.4 Å². The Hall–Kier alpha value is -4.57. The Morgan fingerprint density at radius 2 is 1.89 bits per heavy atom. The van der Waals surface area contributed by atoms with Gasteiger partial charge in [-0.1, -0.05) is 53.8 Å². The highest BCUT2D eigenvalue weighted by molar-refractivity contribution is 7.22. The third-order valence-corrected chi connectivity index (χ3v) is 6.77. The highest BCUT2D eigenvalue weighted by Crippen LogP contribution is 2.45. The number of nitro benzene ring substituents is 1. The minimum Gasteiger partial charge on any atom is -0.507 e. The van der Waals surface area contributed by atoms with E-state index in [-0.39, 0.29) is 22.2 Å². The van der Waals surface area contributed by atoms with Crippen LogP contribution in [0.3, 0.4) is 0 Å². The van der Waals surface area contributed by atoms with Crippen LogP contribution in [0.5, 0.6) is 5.75 Å². The van der Waals surface area contributed by atoms with Crippen LogP contribution >= 0.6 is 11.3 Å². The normalized spacial score (nSPS) is 17.0. The molecule has 1 atom stereocenters. The zero-order valence-electron chi connectivity index (χ0n) is 19.0. The van der Waals surface area contributed by atoms with Crippen LogP contribution in [0.25, 0.3) is 16.0 Å². The van der Waals surface area contributed by atoms with Crippen molar-refractivity contribution in [3.05, 3.63) is 99.6 Å². The SMILES string of the molecule is CCOc1ccc2nc(N3C(=O)C(=O)C(=C(O)c4ccccc4)[C@@H]3c3cccc([N+](=O)[O-])c3)sc2c1. The van der Waals surface area contributed by atoms with Crippen LogP contribution in [0, 0.1) is 10.1 Å². The average Bonchev–Trinajstić information content (AvgIpc) is 3.42. The van der Waals surface area contributed by atoms with Crippen molar-refractivity contribution in [1.82, 2.24) is 4.98 Å². The van der Waals surface area contributed by atoms with E-state index in [0.29, 0.717) is 29.0 Å². The van der Waals surface area contributed by atoms with Gasteiger partial charge < -0.3 is 9.84 Å². The standard InChI is InChI=1S/C26H19N3O6S/c1-2-35-18-11-12-19-20(14-18)36-26(27-19)28-22(16-9-6-10-17(13-16)29(33)34)21(24(31)25(28)32)23(30)15-7-4-3-5-8-15/h3-14,22,30H,2H2,1H3/t22-/m0/s1. The first-order chi connectivity index (χ1) is 17.4. The summed E-state index contributed by atoms with van der Waals surface area (Å²) >= 11 is 1.18. The quantitative estimate of drug-likeness (QED) is 0.126. The lowest BCUT2D eigenvalue weighted by molar-refractivity contribution is -0.384. The number of thiazole rings is 1. The third-order valence-electron chi connectivity index (χ3n) is 5.75. The van der Waals surface area contributed by atoms with Crippen molar-refractivity contribution >= 4 is 49.8 Å². The van der Waals surface area contributed by atoms with E-state index in [1.165, 1.54) is 34.4 Å². The Bertz CT molecular complexity index is 1550. The first kappa shape index (κ1) is 23.2. The molecule has 36 heavy (non-hydrogen) atoms. The molecule has 5 rings (SSSR count). The molecule has 1 aliphatic heterocycles. The minimum atomic E-state index is -1.11. The Labute approximate surface area is 209 Å². The summed E-state index contributed by atoms with van der Waals surface area (Å²) in [6.07, 6.45) is 0. The number of rotatable bonds is 6. The molecule has 2 heterocycles. The van der Waals surface area contributed by atoms with E-state index in [9.17, 15) is 24.8 Å². The van der Waals surface area contributed by atoms with Crippen LogP contribution in [0.15, 0.2) is 78.4 Å². The molecule has 1 amide bonds. The summed E-state index contributed by atoms with van der Waals surface area (Å²) in [5, 5.41) is 22.8. The van der Waals surface area contributed by atoms with Crippen molar-refractivity contribution in [1.29, 1.82) is 0 Å². The summed E-state index contributed by atoms with van der Waals surface area (Å²) in [6.45, 7) is 2.35. The second-order valence-corrected chi connectivity index (χ2v) is 8.96. The molecule has 1 saturated heterocycles. The molecular weight excluding hydrogens is 482 g/mol. The number of aliphatic hydroxyl groups excluding tert-OH is 1. The van der Waals surface area contributed by atoms with Gasteiger partial charge in [-0.25, -0.2) is 4.98 Å². The fourth-order valence-corrected chi connectivity index (χ4v) is 5.18.